The number of aliphatic hydroxyl groups is 1. The van der Waals surface area contributed by atoms with E-state index in [9.17, 15) is 24.3 Å². The molecule has 6 N–H and O–H groups in total. The van der Waals surface area contributed by atoms with E-state index in [2.05, 4.69) is 26.6 Å². The number of ether oxygens (including phenoxy) is 3. The van der Waals surface area contributed by atoms with Gasteiger partial charge < -0.3 is 50.8 Å². The molecule has 0 bridgehead atoms. The van der Waals surface area contributed by atoms with Crippen molar-refractivity contribution in [2.24, 2.45) is 0 Å². The van der Waals surface area contributed by atoms with Gasteiger partial charge in [-0.05, 0) is 71.7 Å². The van der Waals surface area contributed by atoms with Crippen LogP contribution >= 0.6 is 11.8 Å². The van der Waals surface area contributed by atoms with Crippen molar-refractivity contribution in [3.63, 3.8) is 0 Å². The van der Waals surface area contributed by atoms with Gasteiger partial charge in [-0.3, -0.25) is 14.4 Å². The number of likely N-dealkylation sites (N-methyl/N-ethyl adjacent to an activating group) is 1. The lowest BCUT2D eigenvalue weighted by Crippen LogP contribution is -2.58. The van der Waals surface area contributed by atoms with Crippen LogP contribution in [-0.2, 0) is 28.6 Å². The third-order valence-electron chi connectivity index (χ3n) is 9.17. The maximum absolute atomic E-state index is 12.6. The number of thioether (sulfide) groups is 1. The first-order valence-electron chi connectivity index (χ1n) is 21.2. The highest BCUT2D eigenvalue weighted by atomic mass is 32.2. The van der Waals surface area contributed by atoms with Gasteiger partial charge in [0, 0.05) is 68.6 Å². The van der Waals surface area contributed by atoms with Crippen LogP contribution in [0.5, 0.6) is 0 Å². The number of hydrogen-bond donors (Lipinski definition) is 6. The molecule has 2 aliphatic heterocycles. The van der Waals surface area contributed by atoms with Gasteiger partial charge in [0.1, 0.15) is 0 Å². The third kappa shape index (κ3) is 14.5. The molecular formula is C34H62N6O8S. The van der Waals surface area contributed by atoms with E-state index in [0.717, 1.165) is 18.6 Å². The quantitative estimate of drug-likeness (QED) is 0.0595. The fourth-order valence-electron chi connectivity index (χ4n) is 5.96. The molecule has 282 valence electrons. The van der Waals surface area contributed by atoms with Crippen LogP contribution in [-0.4, -0.2) is 141 Å². The van der Waals surface area contributed by atoms with Crippen molar-refractivity contribution < 1.29 is 49.5 Å². The van der Waals surface area contributed by atoms with Crippen LogP contribution in [0.15, 0.2) is 0 Å². The fraction of sp³-hybridized carbons (Fsp3) is 0.882. The van der Waals surface area contributed by atoms with E-state index in [1.54, 1.807) is 11.8 Å². The number of nitrogens with one attached hydrogen (secondary N) is 5. The minimum absolute atomic E-state index is 0.000537. The van der Waals surface area contributed by atoms with Gasteiger partial charge in [-0.1, -0.05) is 6.42 Å². The molecule has 3 atom stereocenters. The standard InChI is InChI=1S/C34H62N6O8S/c1-33-25-49-28(34(33,2)39-32(45)38-33)8-4-5-9-31(44)40(3)24-30(43)36-16-7-19-47-21-23-48-22-20-46-18-6-15-35-17-14-29(42)37-26-10-12-27(41)13-11-26/h26-28,35,41H,4-25H2,1-3H3,(H,36,43)(H,37,42)(H2,38,39,45)/t26?,27?,28-,33-,34+/m0/s1/i6D2,7D2,18D2,19D2. The first-order chi connectivity index (χ1) is 26.4. The van der Waals surface area contributed by atoms with Gasteiger partial charge in [0.2, 0.25) is 17.7 Å². The van der Waals surface area contributed by atoms with E-state index in [0.29, 0.717) is 32.1 Å². The number of carbonyl (C=O) groups excluding carboxylic acids is 4. The summed E-state index contributed by atoms with van der Waals surface area (Å²) in [5.74, 6) is -0.351. The second-order valence-electron chi connectivity index (χ2n) is 13.1. The molecule has 0 spiro atoms. The average Bonchev–Trinajstić information content (AvgIpc) is 3.49. The van der Waals surface area contributed by atoms with E-state index in [-0.39, 0.29) is 92.1 Å². The van der Waals surface area contributed by atoms with Crippen LogP contribution in [0.1, 0.15) is 95.3 Å². The molecule has 0 radical (unpaired) electrons. The average molecular weight is 723 g/mol. The van der Waals surface area contributed by atoms with Crippen LogP contribution in [0.3, 0.4) is 0 Å². The molecule has 0 unspecified atom stereocenters. The number of fused-ring (bicyclic) bond motifs is 1. The highest BCUT2D eigenvalue weighted by molar-refractivity contribution is 8.00. The normalized spacial score (nSPS) is 29.7. The lowest BCUT2D eigenvalue weighted by molar-refractivity contribution is -0.134. The summed E-state index contributed by atoms with van der Waals surface area (Å²) >= 11 is 1.79. The minimum Gasteiger partial charge on any atom is -0.393 e. The predicted molar refractivity (Wildman–Crippen MR) is 189 cm³/mol. The summed E-state index contributed by atoms with van der Waals surface area (Å²) in [6.45, 7) is -4.01. The van der Waals surface area contributed by atoms with Crippen LogP contribution < -0.4 is 26.6 Å². The zero-order valence-corrected chi connectivity index (χ0v) is 29.9. The molecular weight excluding hydrogens is 652 g/mol. The first kappa shape index (κ1) is 30.5. The van der Waals surface area contributed by atoms with Crippen LogP contribution in [0.25, 0.3) is 0 Å². The molecule has 0 aromatic rings. The number of aliphatic hydroxyl groups excluding tert-OH is 1. The first-order valence-corrected chi connectivity index (χ1v) is 18.2. The molecule has 49 heavy (non-hydrogen) atoms. The van der Waals surface area contributed by atoms with Crippen molar-refractivity contribution in [2.75, 3.05) is 78.5 Å². The van der Waals surface area contributed by atoms with Gasteiger partial charge in [-0.2, -0.15) is 11.8 Å². The monoisotopic (exact) mass is 722 g/mol. The lowest BCUT2D eigenvalue weighted by atomic mass is 9.79. The number of urea groups is 1. The smallest absolute Gasteiger partial charge is 0.315 e. The number of hydrogen-bond acceptors (Lipinski definition) is 10. The van der Waals surface area contributed by atoms with E-state index < -0.39 is 51.5 Å². The Morgan fingerprint density at radius 1 is 0.939 bits per heavy atom. The summed E-state index contributed by atoms with van der Waals surface area (Å²) < 4.78 is 80.1. The Morgan fingerprint density at radius 2 is 1.61 bits per heavy atom. The number of rotatable bonds is 25. The number of nitrogens with zero attached hydrogens (tertiary/aromatic N) is 1. The van der Waals surface area contributed by atoms with E-state index in [1.807, 2.05) is 13.8 Å². The molecule has 3 rings (SSSR count). The van der Waals surface area contributed by atoms with Gasteiger partial charge in [0.15, 0.2) is 0 Å². The Morgan fingerprint density at radius 3 is 2.33 bits per heavy atom. The summed E-state index contributed by atoms with van der Waals surface area (Å²) in [5.41, 5.74) is -0.708. The highest BCUT2D eigenvalue weighted by Gasteiger charge is 2.60. The van der Waals surface area contributed by atoms with E-state index >= 15 is 0 Å². The van der Waals surface area contributed by atoms with Gasteiger partial charge in [0.05, 0.1) is 55.6 Å². The zero-order valence-electron chi connectivity index (χ0n) is 37.1. The Balaban J connectivity index is 1.24. The predicted octanol–water partition coefficient (Wildman–Crippen LogP) is 1.30. The molecule has 14 nitrogen and oxygen atoms in total. The topological polar surface area (TPSA) is 180 Å². The van der Waals surface area contributed by atoms with Crippen molar-refractivity contribution in [3.05, 3.63) is 0 Å². The Hall–Kier alpha value is -2.17. The lowest BCUT2D eigenvalue weighted by Gasteiger charge is -2.35. The Bertz CT molecular complexity index is 1370. The van der Waals surface area contributed by atoms with Gasteiger partial charge in [-0.15, -0.1) is 0 Å². The van der Waals surface area contributed by atoms with Crippen LogP contribution in [0, 0.1) is 0 Å². The van der Waals surface area contributed by atoms with Crippen molar-refractivity contribution in [1.82, 2.24) is 31.5 Å². The maximum Gasteiger partial charge on any atom is 0.315 e. The van der Waals surface area contributed by atoms with Crippen molar-refractivity contribution in [3.8, 4) is 0 Å². The number of carbonyl (C=O) groups is 4. The van der Waals surface area contributed by atoms with Crippen molar-refractivity contribution >= 4 is 35.5 Å². The molecule has 5 amide bonds. The fourth-order valence-corrected chi connectivity index (χ4v) is 7.86. The molecule has 1 aliphatic carbocycles. The van der Waals surface area contributed by atoms with E-state index in [1.165, 1.54) is 11.9 Å². The molecule has 2 saturated heterocycles. The second-order valence-corrected chi connectivity index (χ2v) is 14.2. The zero-order chi connectivity index (χ0) is 42.7. The Kier molecular flexibility index (Phi) is 13.6. The van der Waals surface area contributed by atoms with E-state index in [4.69, 9.17) is 25.2 Å². The second kappa shape index (κ2) is 21.9. The van der Waals surface area contributed by atoms with Crippen LogP contribution in [0.2, 0.25) is 0 Å². The molecule has 3 aliphatic rings. The van der Waals surface area contributed by atoms with Crippen LogP contribution in [0.4, 0.5) is 4.79 Å². The number of unbranched alkanes of at least 4 members (excludes halogenated alkanes) is 1. The summed E-state index contributed by atoms with van der Waals surface area (Å²) in [7, 11) is 1.46. The molecule has 3 fully saturated rings. The van der Waals surface area contributed by atoms with Crippen molar-refractivity contribution in [1.29, 1.82) is 0 Å². The summed E-state index contributed by atoms with van der Waals surface area (Å²) in [4.78, 5) is 50.5. The largest absolute Gasteiger partial charge is 0.393 e. The molecule has 2 heterocycles. The van der Waals surface area contributed by atoms with Gasteiger partial charge >= 0.3 is 6.03 Å². The summed E-state index contributed by atoms with van der Waals surface area (Å²) in [6, 6.07) is -0.170. The highest BCUT2D eigenvalue weighted by Crippen LogP contribution is 2.47. The SMILES string of the molecule is [2H]C([2H])(CNCCC(=O)NC1CCC(O)CC1)C([2H])([2H])OCCOCCOC([2H])([2H])C([2H])([2H])CNC(=O)CN(C)C(=O)CCCC[C@@H]1SC[C@]2(C)NC(=O)N[C@]12C. The summed E-state index contributed by atoms with van der Waals surface area (Å²) in [6.07, 6.45) is -0.348. The maximum atomic E-state index is 12.6. The Labute approximate surface area is 307 Å². The van der Waals surface area contributed by atoms with Gasteiger partial charge in [0.25, 0.3) is 0 Å². The minimum atomic E-state index is -2.84. The molecule has 0 aromatic heterocycles. The molecule has 15 heteroatoms. The summed E-state index contributed by atoms with van der Waals surface area (Å²) in [5, 5.41) is 23.8. The molecule has 0 aromatic carbocycles. The number of amides is 5. The third-order valence-corrected chi connectivity index (χ3v) is 11.0. The van der Waals surface area contributed by atoms with Gasteiger partial charge in [-0.25, -0.2) is 4.79 Å². The molecule has 1 saturated carbocycles. The van der Waals surface area contributed by atoms with Crippen molar-refractivity contribution in [2.45, 2.75) is 113 Å².